The second-order valence-electron chi connectivity index (χ2n) is 7.11. The highest BCUT2D eigenvalue weighted by atomic mass is 16.1. The molecule has 0 amide bonds. The van der Waals surface area contributed by atoms with Crippen LogP contribution >= 0.6 is 0 Å². The maximum Gasteiger partial charge on any atom is 0.127 e. The molecule has 3 fully saturated rings. The molecule has 2 aliphatic heterocycles. The van der Waals surface area contributed by atoms with Crippen LogP contribution < -0.4 is 0 Å². The molecule has 0 radical (unpaired) electrons. The summed E-state index contributed by atoms with van der Waals surface area (Å²) in [4.78, 5) is 16.9. The van der Waals surface area contributed by atoms with Crippen molar-refractivity contribution in [3.8, 4) is 0 Å². The first kappa shape index (κ1) is 13.6. The van der Waals surface area contributed by atoms with Crippen molar-refractivity contribution in [2.24, 2.45) is 5.41 Å². The average molecular weight is 264 g/mol. The molecule has 2 atom stereocenters. The molecule has 3 nitrogen and oxygen atoms in total. The van der Waals surface area contributed by atoms with E-state index in [4.69, 9.17) is 0 Å². The maximum atomic E-state index is 11.7. The van der Waals surface area contributed by atoms with Gasteiger partial charge < -0.3 is 4.79 Å². The van der Waals surface area contributed by atoms with Gasteiger partial charge in [-0.05, 0) is 39.2 Å². The summed E-state index contributed by atoms with van der Waals surface area (Å²) in [5.74, 6) is 0. The van der Waals surface area contributed by atoms with Gasteiger partial charge in [0, 0.05) is 37.1 Å². The van der Waals surface area contributed by atoms with Gasteiger partial charge in [-0.15, -0.1) is 0 Å². The second-order valence-corrected chi connectivity index (χ2v) is 7.11. The summed E-state index contributed by atoms with van der Waals surface area (Å²) in [7, 11) is 0. The van der Waals surface area contributed by atoms with Crippen LogP contribution in [0.5, 0.6) is 0 Å². The molecule has 108 valence electrons. The maximum absolute atomic E-state index is 11.7. The SMILES string of the molecule is CC1CN2CCCC2CN1CC1(C=O)CCCCC1. The number of hydrogen-bond acceptors (Lipinski definition) is 3. The smallest absolute Gasteiger partial charge is 0.127 e. The Labute approximate surface area is 117 Å². The predicted molar refractivity (Wildman–Crippen MR) is 77.2 cm³/mol. The number of aldehydes is 1. The van der Waals surface area contributed by atoms with E-state index in [1.54, 1.807) is 0 Å². The Morgan fingerprint density at radius 1 is 1.16 bits per heavy atom. The number of fused-ring (bicyclic) bond motifs is 1. The van der Waals surface area contributed by atoms with Crippen molar-refractivity contribution in [1.29, 1.82) is 0 Å². The van der Waals surface area contributed by atoms with Crippen LogP contribution in [-0.4, -0.2) is 54.3 Å². The van der Waals surface area contributed by atoms with Crippen LogP contribution in [0.15, 0.2) is 0 Å². The van der Waals surface area contributed by atoms with Crippen molar-refractivity contribution in [3.05, 3.63) is 0 Å². The average Bonchev–Trinajstić information content (AvgIpc) is 2.87. The van der Waals surface area contributed by atoms with E-state index >= 15 is 0 Å². The Kier molecular flexibility index (Phi) is 3.95. The summed E-state index contributed by atoms with van der Waals surface area (Å²) in [6.07, 6.45) is 10.1. The van der Waals surface area contributed by atoms with E-state index in [2.05, 4.69) is 16.7 Å². The van der Waals surface area contributed by atoms with Crippen molar-refractivity contribution in [3.63, 3.8) is 0 Å². The predicted octanol–water partition coefficient (Wildman–Crippen LogP) is 2.30. The molecule has 2 heterocycles. The third-order valence-corrected chi connectivity index (χ3v) is 5.68. The zero-order valence-electron chi connectivity index (χ0n) is 12.3. The second kappa shape index (κ2) is 5.53. The fraction of sp³-hybridized carbons (Fsp3) is 0.938. The van der Waals surface area contributed by atoms with Gasteiger partial charge in [-0.3, -0.25) is 9.80 Å². The van der Waals surface area contributed by atoms with Crippen LogP contribution in [0.25, 0.3) is 0 Å². The molecule has 3 heteroatoms. The van der Waals surface area contributed by atoms with Crippen LogP contribution in [0.2, 0.25) is 0 Å². The highest BCUT2D eigenvalue weighted by molar-refractivity contribution is 5.60. The molecule has 1 aliphatic carbocycles. The van der Waals surface area contributed by atoms with Gasteiger partial charge in [0.1, 0.15) is 6.29 Å². The first-order valence-electron chi connectivity index (χ1n) is 8.17. The lowest BCUT2D eigenvalue weighted by Gasteiger charge is -2.46. The van der Waals surface area contributed by atoms with Gasteiger partial charge >= 0.3 is 0 Å². The van der Waals surface area contributed by atoms with Crippen molar-refractivity contribution >= 4 is 6.29 Å². The summed E-state index contributed by atoms with van der Waals surface area (Å²) in [5, 5.41) is 0. The molecule has 0 N–H and O–H groups in total. The lowest BCUT2D eigenvalue weighted by Crippen LogP contribution is -2.57. The molecule has 0 aromatic heterocycles. The molecule has 3 rings (SSSR count). The van der Waals surface area contributed by atoms with E-state index in [0.717, 1.165) is 25.4 Å². The summed E-state index contributed by atoms with van der Waals surface area (Å²) < 4.78 is 0. The number of carbonyl (C=O) groups excluding carboxylic acids is 1. The Morgan fingerprint density at radius 3 is 2.68 bits per heavy atom. The van der Waals surface area contributed by atoms with E-state index in [0.29, 0.717) is 6.04 Å². The van der Waals surface area contributed by atoms with Crippen LogP contribution in [0.1, 0.15) is 51.9 Å². The third kappa shape index (κ3) is 2.73. The molecular weight excluding hydrogens is 236 g/mol. The standard InChI is InChI=1S/C16H28N2O/c1-14-10-17-9-5-6-15(17)11-18(14)12-16(13-19)7-3-2-4-8-16/h13-15H,2-12H2,1H3. The topological polar surface area (TPSA) is 23.6 Å². The summed E-state index contributed by atoms with van der Waals surface area (Å²) in [6.45, 7) is 7.05. The minimum absolute atomic E-state index is 0.0206. The minimum atomic E-state index is -0.0206. The van der Waals surface area contributed by atoms with Crippen LogP contribution in [0, 0.1) is 5.41 Å². The van der Waals surface area contributed by atoms with Crippen molar-refractivity contribution in [1.82, 2.24) is 9.80 Å². The fourth-order valence-corrected chi connectivity index (χ4v) is 4.44. The Morgan fingerprint density at radius 2 is 1.95 bits per heavy atom. The number of nitrogens with zero attached hydrogens (tertiary/aromatic N) is 2. The van der Waals surface area contributed by atoms with E-state index < -0.39 is 0 Å². The van der Waals surface area contributed by atoms with E-state index in [1.807, 2.05) is 0 Å². The van der Waals surface area contributed by atoms with Gasteiger partial charge in [-0.1, -0.05) is 19.3 Å². The summed E-state index contributed by atoms with van der Waals surface area (Å²) >= 11 is 0. The first-order valence-corrected chi connectivity index (χ1v) is 8.17. The quantitative estimate of drug-likeness (QED) is 0.731. The molecule has 0 spiro atoms. The molecular formula is C16H28N2O. The van der Waals surface area contributed by atoms with Gasteiger partial charge in [-0.25, -0.2) is 0 Å². The largest absolute Gasteiger partial charge is 0.303 e. The Hall–Kier alpha value is -0.410. The van der Waals surface area contributed by atoms with E-state index in [9.17, 15) is 4.79 Å². The Bertz CT molecular complexity index is 325. The van der Waals surface area contributed by atoms with Crippen LogP contribution in [0.4, 0.5) is 0 Å². The fourth-order valence-electron chi connectivity index (χ4n) is 4.44. The van der Waals surface area contributed by atoms with Gasteiger partial charge in [0.2, 0.25) is 0 Å². The molecule has 3 aliphatic rings. The van der Waals surface area contributed by atoms with Crippen LogP contribution in [-0.2, 0) is 4.79 Å². The summed E-state index contributed by atoms with van der Waals surface area (Å²) in [5.41, 5.74) is -0.0206. The zero-order valence-corrected chi connectivity index (χ0v) is 12.3. The van der Waals surface area contributed by atoms with Gasteiger partial charge in [-0.2, -0.15) is 0 Å². The van der Waals surface area contributed by atoms with Gasteiger partial charge in [0.05, 0.1) is 0 Å². The molecule has 1 saturated carbocycles. The third-order valence-electron chi connectivity index (χ3n) is 5.68. The van der Waals surface area contributed by atoms with Gasteiger partial charge in [0.15, 0.2) is 0 Å². The molecule has 2 saturated heterocycles. The molecule has 0 bridgehead atoms. The molecule has 0 aromatic carbocycles. The number of carbonyl (C=O) groups is 1. The minimum Gasteiger partial charge on any atom is -0.303 e. The van der Waals surface area contributed by atoms with Crippen molar-refractivity contribution < 1.29 is 4.79 Å². The highest BCUT2D eigenvalue weighted by Gasteiger charge is 2.39. The lowest BCUT2D eigenvalue weighted by molar-refractivity contribution is -0.120. The zero-order chi connectivity index (χ0) is 13.3. The van der Waals surface area contributed by atoms with E-state index in [-0.39, 0.29) is 5.41 Å². The molecule has 2 unspecified atom stereocenters. The van der Waals surface area contributed by atoms with Crippen LogP contribution in [0.3, 0.4) is 0 Å². The van der Waals surface area contributed by atoms with Crippen molar-refractivity contribution in [2.75, 3.05) is 26.2 Å². The normalized spacial score (nSPS) is 36.1. The number of hydrogen-bond donors (Lipinski definition) is 0. The first-order chi connectivity index (χ1) is 9.22. The lowest BCUT2D eigenvalue weighted by atomic mass is 9.74. The molecule has 0 aromatic rings. The summed E-state index contributed by atoms with van der Waals surface area (Å²) in [6, 6.07) is 1.39. The Balaban J connectivity index is 1.65. The molecule has 19 heavy (non-hydrogen) atoms. The number of piperazine rings is 1. The van der Waals surface area contributed by atoms with Crippen molar-refractivity contribution in [2.45, 2.75) is 64.0 Å². The highest BCUT2D eigenvalue weighted by Crippen LogP contribution is 2.37. The van der Waals surface area contributed by atoms with E-state index in [1.165, 1.54) is 58.0 Å². The van der Waals surface area contributed by atoms with Gasteiger partial charge in [0.25, 0.3) is 0 Å². The monoisotopic (exact) mass is 264 g/mol. The number of rotatable bonds is 3.